The minimum absolute atomic E-state index is 0.0987. The second-order valence-corrected chi connectivity index (χ2v) is 2.81. The van der Waals surface area contributed by atoms with Crippen LogP contribution < -0.4 is 5.32 Å². The van der Waals surface area contributed by atoms with Crippen LogP contribution in [0.3, 0.4) is 0 Å². The Labute approximate surface area is 74.0 Å². The van der Waals surface area contributed by atoms with Crippen molar-refractivity contribution >= 4 is 0 Å². The number of hydrogen-bond donors (Lipinski definition) is 1. The molecule has 0 aliphatic carbocycles. The number of nitrogens with one attached hydrogen (secondary N) is 1. The summed E-state index contributed by atoms with van der Waals surface area (Å²) in [5.41, 5.74) is 1.02. The maximum absolute atomic E-state index is 8.41. The summed E-state index contributed by atoms with van der Waals surface area (Å²) in [4.78, 5) is 0. The molecule has 0 fully saturated rings. The fourth-order valence-electron chi connectivity index (χ4n) is 0.640. The van der Waals surface area contributed by atoms with E-state index >= 15 is 0 Å². The molecule has 0 aliphatic heterocycles. The van der Waals surface area contributed by atoms with E-state index in [1.807, 2.05) is 13.8 Å². The highest BCUT2D eigenvalue weighted by molar-refractivity contribution is 4.87. The Hall–Kier alpha value is -0.850. The average Bonchev–Trinajstić information content (AvgIpc) is 2.03. The summed E-state index contributed by atoms with van der Waals surface area (Å²) in [6.07, 6.45) is 0. The third-order valence-electron chi connectivity index (χ3n) is 1.24. The smallest absolute Gasteiger partial charge is 0.0925 e. The lowest BCUT2D eigenvalue weighted by Gasteiger charge is -2.06. The molecule has 3 heteroatoms. The van der Waals surface area contributed by atoms with Gasteiger partial charge < -0.3 is 4.74 Å². The Bertz CT molecular complexity index is 172. The van der Waals surface area contributed by atoms with Crippen molar-refractivity contribution in [3.05, 3.63) is 12.2 Å². The molecule has 1 N–H and O–H groups in total. The standard InChI is InChI=1S/C9H16N2O/c1-8(2)7-12-5-4-11-9(3)6-10/h9,11H,1,4-5,7H2,2-3H3. The molecule has 0 heterocycles. The van der Waals surface area contributed by atoms with Gasteiger partial charge in [-0.2, -0.15) is 5.26 Å². The topological polar surface area (TPSA) is 45.0 Å². The van der Waals surface area contributed by atoms with Crippen molar-refractivity contribution in [2.75, 3.05) is 19.8 Å². The van der Waals surface area contributed by atoms with E-state index in [-0.39, 0.29) is 6.04 Å². The molecular formula is C9H16N2O. The molecule has 0 spiro atoms. The lowest BCUT2D eigenvalue weighted by Crippen LogP contribution is -2.28. The van der Waals surface area contributed by atoms with Gasteiger partial charge in [0.25, 0.3) is 0 Å². The SMILES string of the molecule is C=C(C)COCCNC(C)C#N. The fourth-order valence-corrected chi connectivity index (χ4v) is 0.640. The Balaban J connectivity index is 3.12. The predicted molar refractivity (Wildman–Crippen MR) is 48.7 cm³/mol. The number of hydrogen-bond acceptors (Lipinski definition) is 3. The summed E-state index contributed by atoms with van der Waals surface area (Å²) in [5, 5.41) is 11.4. The van der Waals surface area contributed by atoms with Gasteiger partial charge in [-0.15, -0.1) is 0 Å². The minimum Gasteiger partial charge on any atom is -0.376 e. The molecule has 1 atom stereocenters. The van der Waals surface area contributed by atoms with Gasteiger partial charge in [0.1, 0.15) is 0 Å². The van der Waals surface area contributed by atoms with Crippen molar-refractivity contribution in [3.8, 4) is 6.07 Å². The third kappa shape index (κ3) is 7.26. The highest BCUT2D eigenvalue weighted by Gasteiger charge is 1.95. The largest absolute Gasteiger partial charge is 0.376 e. The van der Waals surface area contributed by atoms with E-state index in [1.54, 1.807) is 0 Å². The summed E-state index contributed by atoms with van der Waals surface area (Å²) in [6, 6.07) is 1.98. The Morgan fingerprint density at radius 3 is 2.92 bits per heavy atom. The molecule has 0 aromatic rings. The fraction of sp³-hybridized carbons (Fsp3) is 0.667. The highest BCUT2D eigenvalue weighted by atomic mass is 16.5. The average molecular weight is 168 g/mol. The molecule has 0 bridgehead atoms. The van der Waals surface area contributed by atoms with Crippen molar-refractivity contribution in [2.45, 2.75) is 19.9 Å². The van der Waals surface area contributed by atoms with Gasteiger partial charge in [0.05, 0.1) is 25.3 Å². The summed E-state index contributed by atoms with van der Waals surface area (Å²) >= 11 is 0. The van der Waals surface area contributed by atoms with Gasteiger partial charge in [0.15, 0.2) is 0 Å². The van der Waals surface area contributed by atoms with Crippen LogP contribution in [-0.2, 0) is 4.74 Å². The maximum atomic E-state index is 8.41. The van der Waals surface area contributed by atoms with E-state index < -0.39 is 0 Å². The van der Waals surface area contributed by atoms with Crippen molar-refractivity contribution in [1.29, 1.82) is 5.26 Å². The van der Waals surface area contributed by atoms with Gasteiger partial charge in [-0.1, -0.05) is 12.2 Å². The van der Waals surface area contributed by atoms with Crippen molar-refractivity contribution in [2.24, 2.45) is 0 Å². The Morgan fingerprint density at radius 2 is 2.42 bits per heavy atom. The normalized spacial score (nSPS) is 12.1. The van der Waals surface area contributed by atoms with E-state index in [9.17, 15) is 0 Å². The molecule has 0 radical (unpaired) electrons. The number of rotatable bonds is 6. The third-order valence-corrected chi connectivity index (χ3v) is 1.24. The van der Waals surface area contributed by atoms with Gasteiger partial charge >= 0.3 is 0 Å². The molecule has 0 saturated heterocycles. The van der Waals surface area contributed by atoms with Gasteiger partial charge in [-0.3, -0.25) is 5.32 Å². The van der Waals surface area contributed by atoms with E-state index in [2.05, 4.69) is 18.0 Å². The first kappa shape index (κ1) is 11.2. The van der Waals surface area contributed by atoms with Crippen LogP contribution in [0.1, 0.15) is 13.8 Å². The number of nitriles is 1. The molecule has 3 nitrogen and oxygen atoms in total. The lowest BCUT2D eigenvalue weighted by molar-refractivity contribution is 0.157. The molecule has 0 aliphatic rings. The quantitative estimate of drug-likeness (QED) is 0.477. The summed E-state index contributed by atoms with van der Waals surface area (Å²) in [5.74, 6) is 0. The molecule has 0 rings (SSSR count). The van der Waals surface area contributed by atoms with Crippen LogP contribution in [0.5, 0.6) is 0 Å². The van der Waals surface area contributed by atoms with Crippen LogP contribution in [0, 0.1) is 11.3 Å². The van der Waals surface area contributed by atoms with Crippen molar-refractivity contribution in [1.82, 2.24) is 5.32 Å². The second-order valence-electron chi connectivity index (χ2n) is 2.81. The predicted octanol–water partition coefficient (Wildman–Crippen LogP) is 1.08. The van der Waals surface area contributed by atoms with Gasteiger partial charge in [0.2, 0.25) is 0 Å². The molecular weight excluding hydrogens is 152 g/mol. The Kier molecular flexibility index (Phi) is 6.35. The van der Waals surface area contributed by atoms with Gasteiger partial charge in [-0.25, -0.2) is 0 Å². The van der Waals surface area contributed by atoms with Crippen molar-refractivity contribution in [3.63, 3.8) is 0 Å². The molecule has 12 heavy (non-hydrogen) atoms. The first-order chi connectivity index (χ1) is 5.66. The first-order valence-corrected chi connectivity index (χ1v) is 4.02. The second kappa shape index (κ2) is 6.84. The Morgan fingerprint density at radius 1 is 1.75 bits per heavy atom. The van der Waals surface area contributed by atoms with E-state index in [0.717, 1.165) is 5.57 Å². The van der Waals surface area contributed by atoms with Gasteiger partial charge in [0, 0.05) is 6.54 Å². The zero-order valence-corrected chi connectivity index (χ0v) is 7.76. The zero-order chi connectivity index (χ0) is 9.40. The molecule has 0 amide bonds. The van der Waals surface area contributed by atoms with E-state index in [1.165, 1.54) is 0 Å². The summed E-state index contributed by atoms with van der Waals surface area (Å²) < 4.78 is 5.22. The molecule has 0 aromatic heterocycles. The lowest BCUT2D eigenvalue weighted by atomic mass is 10.4. The van der Waals surface area contributed by atoms with Crippen LogP contribution in [0.2, 0.25) is 0 Å². The van der Waals surface area contributed by atoms with Crippen LogP contribution in [0.15, 0.2) is 12.2 Å². The van der Waals surface area contributed by atoms with Crippen LogP contribution in [-0.4, -0.2) is 25.8 Å². The molecule has 0 saturated carbocycles. The number of ether oxygens (including phenoxy) is 1. The monoisotopic (exact) mass is 168 g/mol. The van der Waals surface area contributed by atoms with Crippen LogP contribution >= 0.6 is 0 Å². The van der Waals surface area contributed by atoms with E-state index in [4.69, 9.17) is 10.00 Å². The number of nitrogens with zero attached hydrogens (tertiary/aromatic N) is 1. The minimum atomic E-state index is -0.0987. The maximum Gasteiger partial charge on any atom is 0.0925 e. The van der Waals surface area contributed by atoms with Crippen LogP contribution in [0.25, 0.3) is 0 Å². The van der Waals surface area contributed by atoms with E-state index in [0.29, 0.717) is 19.8 Å². The van der Waals surface area contributed by atoms with Gasteiger partial charge in [-0.05, 0) is 13.8 Å². The molecule has 1 unspecified atom stereocenters. The first-order valence-electron chi connectivity index (χ1n) is 4.02. The highest BCUT2D eigenvalue weighted by Crippen LogP contribution is 1.86. The van der Waals surface area contributed by atoms with Crippen molar-refractivity contribution < 1.29 is 4.74 Å². The summed E-state index contributed by atoms with van der Waals surface area (Å²) in [6.45, 7) is 9.38. The van der Waals surface area contributed by atoms with Crippen LogP contribution in [0.4, 0.5) is 0 Å². The molecule has 68 valence electrons. The molecule has 0 aromatic carbocycles. The summed E-state index contributed by atoms with van der Waals surface area (Å²) in [7, 11) is 0. The zero-order valence-electron chi connectivity index (χ0n) is 7.76.